The molecule has 0 saturated carbocycles. The maximum atomic E-state index is 5.32. The molecule has 1 unspecified atom stereocenters. The summed E-state index contributed by atoms with van der Waals surface area (Å²) in [5.41, 5.74) is 1.34. The molecule has 1 aliphatic carbocycles. The van der Waals surface area contributed by atoms with Gasteiger partial charge in [0.1, 0.15) is 10.8 Å². The van der Waals surface area contributed by atoms with E-state index in [9.17, 15) is 0 Å². The van der Waals surface area contributed by atoms with Gasteiger partial charge < -0.3 is 9.73 Å². The third kappa shape index (κ3) is 2.49. The van der Waals surface area contributed by atoms with Crippen molar-refractivity contribution < 1.29 is 4.42 Å². The van der Waals surface area contributed by atoms with Crippen molar-refractivity contribution in [3.8, 4) is 0 Å². The summed E-state index contributed by atoms with van der Waals surface area (Å²) >= 11 is 1.88. The molecule has 96 valence electrons. The maximum absolute atomic E-state index is 5.32. The predicted molar refractivity (Wildman–Crippen MR) is 72.7 cm³/mol. The lowest BCUT2D eigenvalue weighted by Gasteiger charge is -2.09. The summed E-state index contributed by atoms with van der Waals surface area (Å²) in [5, 5.41) is 4.68. The highest BCUT2D eigenvalue weighted by atomic mass is 32.1. The molecule has 0 aromatic carbocycles. The minimum atomic E-state index is 0.297. The molecule has 1 atom stereocenters. The number of hydrogen-bond acceptors (Lipinski definition) is 4. The quantitative estimate of drug-likeness (QED) is 0.917. The van der Waals surface area contributed by atoms with Gasteiger partial charge in [-0.2, -0.15) is 0 Å². The average Bonchev–Trinajstić information content (AvgIpc) is 3.04. The van der Waals surface area contributed by atoms with Gasteiger partial charge in [0.25, 0.3) is 0 Å². The Morgan fingerprint density at radius 2 is 2.33 bits per heavy atom. The third-order valence-corrected chi connectivity index (χ3v) is 4.74. The Morgan fingerprint density at radius 1 is 1.44 bits per heavy atom. The average molecular weight is 262 g/mol. The van der Waals surface area contributed by atoms with Crippen molar-refractivity contribution in [2.24, 2.45) is 0 Å². The molecule has 2 heterocycles. The van der Waals surface area contributed by atoms with Gasteiger partial charge in [-0.15, -0.1) is 11.3 Å². The van der Waals surface area contributed by atoms with E-state index in [1.54, 1.807) is 6.26 Å². The van der Waals surface area contributed by atoms with Gasteiger partial charge in [-0.1, -0.05) is 0 Å². The van der Waals surface area contributed by atoms with Crippen molar-refractivity contribution >= 4 is 11.3 Å². The summed E-state index contributed by atoms with van der Waals surface area (Å²) in [6.07, 6.45) is 6.71. The molecule has 3 nitrogen and oxygen atoms in total. The van der Waals surface area contributed by atoms with E-state index in [-0.39, 0.29) is 0 Å². The van der Waals surface area contributed by atoms with Gasteiger partial charge in [0.15, 0.2) is 0 Å². The number of hydrogen-bond donors (Lipinski definition) is 1. The SMILES string of the molecule is CC(NCc1ccco1)c1nc2c(s1)CCCC2. The fraction of sp³-hybridized carbons (Fsp3) is 0.500. The second kappa shape index (κ2) is 5.24. The fourth-order valence-electron chi connectivity index (χ4n) is 2.31. The van der Waals surface area contributed by atoms with Crippen LogP contribution in [0.1, 0.15) is 47.1 Å². The lowest BCUT2D eigenvalue weighted by molar-refractivity contribution is 0.459. The fourth-order valence-corrected chi connectivity index (χ4v) is 3.49. The molecule has 0 fully saturated rings. The van der Waals surface area contributed by atoms with E-state index < -0.39 is 0 Å². The predicted octanol–water partition coefficient (Wildman–Crippen LogP) is 3.47. The molecule has 2 aromatic heterocycles. The summed E-state index contributed by atoms with van der Waals surface area (Å²) < 4.78 is 5.32. The summed E-state index contributed by atoms with van der Waals surface area (Å²) in [6.45, 7) is 2.94. The number of aromatic nitrogens is 1. The Kier molecular flexibility index (Phi) is 3.48. The first-order valence-corrected chi connectivity index (χ1v) is 7.39. The summed E-state index contributed by atoms with van der Waals surface area (Å²) in [4.78, 5) is 6.28. The van der Waals surface area contributed by atoms with Gasteiger partial charge in [-0.05, 0) is 44.7 Å². The molecule has 0 aliphatic heterocycles. The molecule has 0 radical (unpaired) electrons. The highest BCUT2D eigenvalue weighted by Crippen LogP contribution is 2.29. The van der Waals surface area contributed by atoms with Crippen LogP contribution < -0.4 is 5.32 Å². The van der Waals surface area contributed by atoms with Crippen molar-refractivity contribution in [1.29, 1.82) is 0 Å². The van der Waals surface area contributed by atoms with Crippen molar-refractivity contribution in [3.05, 3.63) is 39.7 Å². The molecule has 0 spiro atoms. The molecule has 0 bridgehead atoms. The van der Waals surface area contributed by atoms with Crippen molar-refractivity contribution in [3.63, 3.8) is 0 Å². The smallest absolute Gasteiger partial charge is 0.117 e. The Bertz CT molecular complexity index is 480. The number of nitrogens with one attached hydrogen (secondary N) is 1. The van der Waals surface area contributed by atoms with Gasteiger partial charge >= 0.3 is 0 Å². The summed E-state index contributed by atoms with van der Waals surface area (Å²) in [5.74, 6) is 0.975. The van der Waals surface area contributed by atoms with Crippen LogP contribution in [0.2, 0.25) is 0 Å². The Hall–Kier alpha value is -1.13. The molecule has 1 N–H and O–H groups in total. The van der Waals surface area contributed by atoms with Crippen LogP contribution in [0.15, 0.2) is 22.8 Å². The molecular weight excluding hydrogens is 244 g/mol. The number of fused-ring (bicyclic) bond motifs is 1. The minimum absolute atomic E-state index is 0.297. The number of furan rings is 1. The van der Waals surface area contributed by atoms with E-state index in [1.165, 1.54) is 34.8 Å². The van der Waals surface area contributed by atoms with Gasteiger partial charge in [0.2, 0.25) is 0 Å². The second-order valence-electron chi connectivity index (χ2n) is 4.81. The molecule has 0 amide bonds. The second-order valence-corrected chi connectivity index (χ2v) is 5.93. The highest BCUT2D eigenvalue weighted by Gasteiger charge is 2.18. The highest BCUT2D eigenvalue weighted by molar-refractivity contribution is 7.11. The molecule has 3 rings (SSSR count). The van der Waals surface area contributed by atoms with Crippen LogP contribution in [0.25, 0.3) is 0 Å². The molecule has 18 heavy (non-hydrogen) atoms. The lowest BCUT2D eigenvalue weighted by Crippen LogP contribution is -2.17. The van der Waals surface area contributed by atoms with Gasteiger partial charge in [0, 0.05) is 4.88 Å². The first-order chi connectivity index (χ1) is 8.83. The zero-order chi connectivity index (χ0) is 12.4. The van der Waals surface area contributed by atoms with E-state index in [1.807, 2.05) is 23.5 Å². The third-order valence-electron chi connectivity index (χ3n) is 3.40. The van der Waals surface area contributed by atoms with Crippen molar-refractivity contribution in [2.75, 3.05) is 0 Å². The molecule has 0 saturated heterocycles. The van der Waals surface area contributed by atoms with Crippen molar-refractivity contribution in [2.45, 2.75) is 45.2 Å². The zero-order valence-electron chi connectivity index (χ0n) is 10.6. The van der Waals surface area contributed by atoms with Gasteiger partial charge in [-0.25, -0.2) is 4.98 Å². The van der Waals surface area contributed by atoms with Gasteiger partial charge in [0.05, 0.1) is 24.5 Å². The first kappa shape index (κ1) is 11.9. The van der Waals surface area contributed by atoms with Crippen LogP contribution in [0.3, 0.4) is 0 Å². The van der Waals surface area contributed by atoms with E-state index in [0.717, 1.165) is 18.7 Å². The Morgan fingerprint density at radius 3 is 3.11 bits per heavy atom. The van der Waals surface area contributed by atoms with Crippen LogP contribution in [-0.2, 0) is 19.4 Å². The normalized spacial score (nSPS) is 16.5. The zero-order valence-corrected chi connectivity index (χ0v) is 11.4. The van der Waals surface area contributed by atoms with E-state index in [0.29, 0.717) is 6.04 Å². The van der Waals surface area contributed by atoms with E-state index >= 15 is 0 Å². The monoisotopic (exact) mass is 262 g/mol. The van der Waals surface area contributed by atoms with Crippen LogP contribution >= 0.6 is 11.3 Å². The Balaban J connectivity index is 1.64. The number of thiazole rings is 1. The topological polar surface area (TPSA) is 38.1 Å². The van der Waals surface area contributed by atoms with Crippen LogP contribution in [0.5, 0.6) is 0 Å². The number of rotatable bonds is 4. The summed E-state index contributed by atoms with van der Waals surface area (Å²) in [6, 6.07) is 4.21. The Labute approximate surface area is 111 Å². The number of aryl methyl sites for hydroxylation is 2. The molecule has 2 aromatic rings. The minimum Gasteiger partial charge on any atom is -0.468 e. The molecular formula is C14H18N2OS. The van der Waals surface area contributed by atoms with Gasteiger partial charge in [-0.3, -0.25) is 0 Å². The van der Waals surface area contributed by atoms with Crippen LogP contribution in [0, 0.1) is 0 Å². The van der Waals surface area contributed by atoms with Crippen molar-refractivity contribution in [1.82, 2.24) is 10.3 Å². The molecule has 4 heteroatoms. The molecule has 1 aliphatic rings. The first-order valence-electron chi connectivity index (χ1n) is 6.57. The van der Waals surface area contributed by atoms with E-state index in [4.69, 9.17) is 9.40 Å². The van der Waals surface area contributed by atoms with E-state index in [2.05, 4.69) is 12.2 Å². The number of nitrogens with zero attached hydrogens (tertiary/aromatic N) is 1. The summed E-state index contributed by atoms with van der Waals surface area (Å²) in [7, 11) is 0. The maximum Gasteiger partial charge on any atom is 0.117 e. The lowest BCUT2D eigenvalue weighted by atomic mass is 10.0. The van der Waals surface area contributed by atoms with Crippen LogP contribution in [0.4, 0.5) is 0 Å². The van der Waals surface area contributed by atoms with Crippen LogP contribution in [-0.4, -0.2) is 4.98 Å². The largest absolute Gasteiger partial charge is 0.468 e. The standard InChI is InChI=1S/C14H18N2OS/c1-10(15-9-11-5-4-8-17-11)14-16-12-6-2-3-7-13(12)18-14/h4-5,8,10,15H,2-3,6-7,9H2,1H3.